The molecule has 0 unspecified atom stereocenters. The molecule has 1 aliphatic carbocycles. The number of amides is 2. The van der Waals surface area contributed by atoms with Gasteiger partial charge >= 0.3 is 12.0 Å². The van der Waals surface area contributed by atoms with Gasteiger partial charge in [0.05, 0.1) is 6.61 Å². The molecule has 0 aliphatic heterocycles. The van der Waals surface area contributed by atoms with E-state index in [-0.39, 0.29) is 24.0 Å². The molecule has 0 heterocycles. The predicted octanol–water partition coefficient (Wildman–Crippen LogP) is 2.21. The van der Waals surface area contributed by atoms with Crippen LogP contribution in [-0.4, -0.2) is 30.7 Å². The van der Waals surface area contributed by atoms with Crippen molar-refractivity contribution in [1.82, 2.24) is 10.6 Å². The van der Waals surface area contributed by atoms with E-state index < -0.39 is 6.04 Å². The lowest BCUT2D eigenvalue weighted by Gasteiger charge is -2.25. The highest BCUT2D eigenvalue weighted by atomic mass is 16.5. The van der Waals surface area contributed by atoms with Gasteiger partial charge in [-0.15, -0.1) is 0 Å². The molecule has 0 aromatic carbocycles. The summed E-state index contributed by atoms with van der Waals surface area (Å²) in [6, 6.07) is -0.606. The lowest BCUT2D eigenvalue weighted by molar-refractivity contribution is -0.146. The number of hydrogen-bond acceptors (Lipinski definition) is 3. The van der Waals surface area contributed by atoms with E-state index in [9.17, 15) is 9.59 Å². The van der Waals surface area contributed by atoms with Crippen LogP contribution in [0.15, 0.2) is 0 Å². The molecular weight excluding hydrogens is 244 g/mol. The number of carbonyl (C=O) groups is 2. The van der Waals surface area contributed by atoms with Crippen molar-refractivity contribution in [3.63, 3.8) is 0 Å². The van der Waals surface area contributed by atoms with Gasteiger partial charge in [0.15, 0.2) is 0 Å². The standard InChI is InChI=1S/C14H26N2O3/c1-4-19-13(17)12(10(2)3)16-14(18)15-11-8-6-5-7-9-11/h10-12H,4-9H2,1-3H3,(H2,15,16,18)/t12-/m1/s1. The van der Waals surface area contributed by atoms with E-state index in [4.69, 9.17) is 4.74 Å². The van der Waals surface area contributed by atoms with Crippen LogP contribution in [0.4, 0.5) is 4.79 Å². The zero-order valence-corrected chi connectivity index (χ0v) is 12.2. The van der Waals surface area contributed by atoms with Crippen molar-refractivity contribution >= 4 is 12.0 Å². The summed E-state index contributed by atoms with van der Waals surface area (Å²) in [4.78, 5) is 23.7. The van der Waals surface area contributed by atoms with Gasteiger partial charge in [-0.05, 0) is 25.7 Å². The summed E-state index contributed by atoms with van der Waals surface area (Å²) in [5, 5.41) is 5.67. The average molecular weight is 270 g/mol. The van der Waals surface area contributed by atoms with Crippen molar-refractivity contribution in [2.24, 2.45) is 5.92 Å². The van der Waals surface area contributed by atoms with Gasteiger partial charge in [-0.3, -0.25) is 0 Å². The summed E-state index contributed by atoms with van der Waals surface area (Å²) in [7, 11) is 0. The Morgan fingerprint density at radius 2 is 1.84 bits per heavy atom. The summed E-state index contributed by atoms with van der Waals surface area (Å²) >= 11 is 0. The van der Waals surface area contributed by atoms with Crippen molar-refractivity contribution in [2.75, 3.05) is 6.61 Å². The second-order valence-electron chi connectivity index (χ2n) is 5.43. The second-order valence-corrected chi connectivity index (χ2v) is 5.43. The largest absolute Gasteiger partial charge is 0.464 e. The van der Waals surface area contributed by atoms with Gasteiger partial charge in [0.25, 0.3) is 0 Å². The minimum atomic E-state index is -0.580. The first-order chi connectivity index (χ1) is 9.04. The van der Waals surface area contributed by atoms with Crippen molar-refractivity contribution < 1.29 is 14.3 Å². The summed E-state index contributed by atoms with van der Waals surface area (Å²) < 4.78 is 4.97. The third-order valence-electron chi connectivity index (χ3n) is 3.43. The van der Waals surface area contributed by atoms with Gasteiger partial charge in [-0.2, -0.15) is 0 Å². The Morgan fingerprint density at radius 3 is 2.37 bits per heavy atom. The quantitative estimate of drug-likeness (QED) is 0.753. The second kappa shape index (κ2) is 8.02. The molecule has 110 valence electrons. The number of hydrogen-bond donors (Lipinski definition) is 2. The molecular formula is C14H26N2O3. The van der Waals surface area contributed by atoms with Crippen LogP contribution in [-0.2, 0) is 9.53 Å². The molecule has 2 N–H and O–H groups in total. The van der Waals surface area contributed by atoms with Gasteiger partial charge in [-0.25, -0.2) is 9.59 Å². The monoisotopic (exact) mass is 270 g/mol. The zero-order chi connectivity index (χ0) is 14.3. The van der Waals surface area contributed by atoms with Gasteiger partial charge in [0, 0.05) is 6.04 Å². The van der Waals surface area contributed by atoms with Gasteiger partial charge in [-0.1, -0.05) is 33.1 Å². The van der Waals surface area contributed by atoms with Crippen molar-refractivity contribution in [2.45, 2.75) is 65.0 Å². The van der Waals surface area contributed by atoms with Gasteiger partial charge in [0.1, 0.15) is 6.04 Å². The van der Waals surface area contributed by atoms with Crippen LogP contribution in [0, 0.1) is 5.92 Å². The zero-order valence-electron chi connectivity index (χ0n) is 12.2. The number of esters is 1. The lowest BCUT2D eigenvalue weighted by Crippen LogP contribution is -2.51. The molecule has 0 aromatic heterocycles. The first-order valence-electron chi connectivity index (χ1n) is 7.28. The third-order valence-corrected chi connectivity index (χ3v) is 3.43. The molecule has 5 heteroatoms. The van der Waals surface area contributed by atoms with Gasteiger partial charge in [0.2, 0.25) is 0 Å². The Kier molecular flexibility index (Phi) is 6.67. The summed E-state index contributed by atoms with van der Waals surface area (Å²) in [6.07, 6.45) is 5.63. The Balaban J connectivity index is 2.44. The molecule has 1 fully saturated rings. The van der Waals surface area contributed by atoms with E-state index in [1.807, 2.05) is 13.8 Å². The first kappa shape index (κ1) is 15.8. The van der Waals surface area contributed by atoms with Crippen LogP contribution in [0.2, 0.25) is 0 Å². The van der Waals surface area contributed by atoms with E-state index in [0.717, 1.165) is 25.7 Å². The smallest absolute Gasteiger partial charge is 0.328 e. The highest BCUT2D eigenvalue weighted by Gasteiger charge is 2.26. The SMILES string of the molecule is CCOC(=O)[C@H](NC(=O)NC1CCCCC1)C(C)C. The van der Waals surface area contributed by atoms with E-state index in [0.29, 0.717) is 6.61 Å². The maximum atomic E-state index is 11.9. The Labute approximate surface area is 115 Å². The predicted molar refractivity (Wildman–Crippen MR) is 73.8 cm³/mol. The Hall–Kier alpha value is -1.26. The molecule has 2 amide bonds. The van der Waals surface area contributed by atoms with Crippen LogP contribution in [0.3, 0.4) is 0 Å². The fourth-order valence-electron chi connectivity index (χ4n) is 2.35. The maximum absolute atomic E-state index is 11.9. The van der Waals surface area contributed by atoms with E-state index in [2.05, 4.69) is 10.6 Å². The molecule has 0 aromatic rings. The highest BCUT2D eigenvalue weighted by molar-refractivity contribution is 5.83. The molecule has 0 radical (unpaired) electrons. The minimum Gasteiger partial charge on any atom is -0.464 e. The molecule has 1 atom stereocenters. The van der Waals surface area contributed by atoms with Gasteiger partial charge < -0.3 is 15.4 Å². The fourth-order valence-corrected chi connectivity index (χ4v) is 2.35. The maximum Gasteiger partial charge on any atom is 0.328 e. The average Bonchev–Trinajstić information content (AvgIpc) is 2.37. The molecule has 0 bridgehead atoms. The van der Waals surface area contributed by atoms with Crippen LogP contribution in [0.5, 0.6) is 0 Å². The number of carbonyl (C=O) groups excluding carboxylic acids is 2. The van der Waals surface area contributed by atoms with Crippen molar-refractivity contribution in [3.8, 4) is 0 Å². The Bertz CT molecular complexity index is 299. The molecule has 1 saturated carbocycles. The summed E-state index contributed by atoms with van der Waals surface area (Å²) in [5.74, 6) is -0.354. The molecule has 0 saturated heterocycles. The Morgan fingerprint density at radius 1 is 1.21 bits per heavy atom. The van der Waals surface area contributed by atoms with Crippen molar-refractivity contribution in [1.29, 1.82) is 0 Å². The molecule has 19 heavy (non-hydrogen) atoms. The normalized spacial score (nSPS) is 17.9. The van der Waals surface area contributed by atoms with Crippen LogP contribution < -0.4 is 10.6 Å². The van der Waals surface area contributed by atoms with Crippen LogP contribution in [0.1, 0.15) is 52.9 Å². The number of urea groups is 1. The van der Waals surface area contributed by atoms with Crippen molar-refractivity contribution in [3.05, 3.63) is 0 Å². The summed E-state index contributed by atoms with van der Waals surface area (Å²) in [6.45, 7) is 5.87. The highest BCUT2D eigenvalue weighted by Crippen LogP contribution is 2.17. The number of rotatable bonds is 5. The van der Waals surface area contributed by atoms with E-state index in [1.54, 1.807) is 6.92 Å². The lowest BCUT2D eigenvalue weighted by atomic mass is 9.96. The summed E-state index contributed by atoms with van der Waals surface area (Å²) in [5.41, 5.74) is 0. The van der Waals surface area contributed by atoms with Crippen LogP contribution >= 0.6 is 0 Å². The molecule has 1 aliphatic rings. The topological polar surface area (TPSA) is 67.4 Å². The van der Waals surface area contributed by atoms with E-state index >= 15 is 0 Å². The first-order valence-corrected chi connectivity index (χ1v) is 7.28. The molecule has 1 rings (SSSR count). The number of ether oxygens (including phenoxy) is 1. The number of nitrogens with one attached hydrogen (secondary N) is 2. The third kappa shape index (κ3) is 5.49. The minimum absolute atomic E-state index is 0.0103. The molecule has 0 spiro atoms. The van der Waals surface area contributed by atoms with Crippen LogP contribution in [0.25, 0.3) is 0 Å². The van der Waals surface area contributed by atoms with E-state index in [1.165, 1.54) is 6.42 Å². The fraction of sp³-hybridized carbons (Fsp3) is 0.857. The molecule has 5 nitrogen and oxygen atoms in total.